The fourth-order valence-electron chi connectivity index (χ4n) is 4.09. The molecular weight excluding hydrogens is 461 g/mol. The van der Waals surface area contributed by atoms with Gasteiger partial charge in [0.15, 0.2) is 0 Å². The van der Waals surface area contributed by atoms with Gasteiger partial charge < -0.3 is 15.7 Å². The summed E-state index contributed by atoms with van der Waals surface area (Å²) in [5.41, 5.74) is 2.73. The molecule has 0 spiro atoms. The Hall–Kier alpha value is -4.53. The maximum atomic E-state index is 14.0. The van der Waals surface area contributed by atoms with Crippen molar-refractivity contribution in [3.63, 3.8) is 0 Å². The highest BCUT2D eigenvalue weighted by atomic mass is 19.1. The predicted molar refractivity (Wildman–Crippen MR) is 132 cm³/mol. The predicted octanol–water partition coefficient (Wildman–Crippen LogP) is 5.07. The summed E-state index contributed by atoms with van der Waals surface area (Å²) < 4.78 is 15.3. The van der Waals surface area contributed by atoms with Crippen LogP contribution in [0.25, 0.3) is 11.3 Å². The van der Waals surface area contributed by atoms with Crippen LogP contribution in [0.5, 0.6) is 5.75 Å². The van der Waals surface area contributed by atoms with Crippen molar-refractivity contribution < 1.29 is 19.1 Å². The van der Waals surface area contributed by atoms with Gasteiger partial charge in [0.1, 0.15) is 11.6 Å². The van der Waals surface area contributed by atoms with Gasteiger partial charge in [-0.25, -0.2) is 9.18 Å². The van der Waals surface area contributed by atoms with Gasteiger partial charge in [0.2, 0.25) is 0 Å². The number of hydrogen-bond acceptors (Lipinski definition) is 5. The van der Waals surface area contributed by atoms with Crippen molar-refractivity contribution in [2.24, 2.45) is 0 Å². The standard InChI is InChI=1S/C27H24FN5O3/c28-22-9-2-1-5-18(22)16-30-27(36)33-24(17-6-3-7-17)14-23(32-33)21-13-20(10-11-25(21)34)31-26(35)19-8-4-12-29-15-19/h1-2,4-5,8-15,17,34H,3,6-7,16H2,(H,30,36)(H,31,35). The zero-order chi connectivity index (χ0) is 25.1. The first kappa shape index (κ1) is 23.2. The summed E-state index contributed by atoms with van der Waals surface area (Å²) in [6, 6.07) is 15.5. The van der Waals surface area contributed by atoms with E-state index in [1.165, 1.54) is 23.0 Å². The van der Waals surface area contributed by atoms with Crippen LogP contribution in [-0.2, 0) is 6.54 Å². The smallest absolute Gasteiger partial charge is 0.342 e. The lowest BCUT2D eigenvalue weighted by atomic mass is 9.82. The molecule has 2 amide bonds. The Bertz CT molecular complexity index is 1420. The number of pyridine rings is 1. The van der Waals surface area contributed by atoms with Crippen LogP contribution in [-0.4, -0.2) is 31.8 Å². The minimum atomic E-state index is -0.480. The van der Waals surface area contributed by atoms with E-state index in [2.05, 4.69) is 20.7 Å². The van der Waals surface area contributed by atoms with Crippen LogP contribution in [0.1, 0.15) is 46.8 Å². The molecule has 4 aromatic rings. The number of nitrogens with one attached hydrogen (secondary N) is 2. The lowest BCUT2D eigenvalue weighted by Crippen LogP contribution is -2.31. The van der Waals surface area contributed by atoms with Gasteiger partial charge in [-0.3, -0.25) is 9.78 Å². The SMILES string of the molecule is O=C(Nc1ccc(O)c(-c2cc(C3CCC3)n(C(=O)NCc3ccccc3F)n2)c1)c1cccnc1. The second-order valence-corrected chi connectivity index (χ2v) is 8.67. The Morgan fingerprint density at radius 2 is 1.92 bits per heavy atom. The number of rotatable bonds is 6. The first-order valence-electron chi connectivity index (χ1n) is 11.7. The monoisotopic (exact) mass is 485 g/mol. The quantitative estimate of drug-likeness (QED) is 0.331. The highest BCUT2D eigenvalue weighted by molar-refractivity contribution is 6.04. The van der Waals surface area contributed by atoms with Gasteiger partial charge in [-0.2, -0.15) is 9.78 Å². The molecule has 0 radical (unpaired) electrons. The molecule has 0 bridgehead atoms. The lowest BCUT2D eigenvalue weighted by Gasteiger charge is -2.25. The molecule has 0 saturated heterocycles. The number of halogens is 1. The number of benzene rings is 2. The van der Waals surface area contributed by atoms with Gasteiger partial charge in [0.25, 0.3) is 5.91 Å². The van der Waals surface area contributed by atoms with E-state index in [4.69, 9.17) is 0 Å². The topological polar surface area (TPSA) is 109 Å². The fraction of sp³-hybridized carbons (Fsp3) is 0.185. The van der Waals surface area contributed by atoms with E-state index in [-0.39, 0.29) is 24.1 Å². The maximum Gasteiger partial charge on any atom is 0.342 e. The zero-order valence-corrected chi connectivity index (χ0v) is 19.3. The summed E-state index contributed by atoms with van der Waals surface area (Å²) in [6.45, 7) is 0.0198. The van der Waals surface area contributed by atoms with Crippen LogP contribution in [0.15, 0.2) is 73.1 Å². The number of anilines is 1. The van der Waals surface area contributed by atoms with Gasteiger partial charge in [0.05, 0.1) is 17.0 Å². The average Bonchev–Trinajstić information content (AvgIpc) is 3.28. The van der Waals surface area contributed by atoms with Gasteiger partial charge in [0, 0.05) is 41.7 Å². The second-order valence-electron chi connectivity index (χ2n) is 8.67. The molecule has 8 nitrogen and oxygen atoms in total. The number of phenolic OH excluding ortho intramolecular Hbond substituents is 1. The summed E-state index contributed by atoms with van der Waals surface area (Å²) in [6.07, 6.45) is 5.96. The Kier molecular flexibility index (Phi) is 6.44. The number of aromatic hydroxyl groups is 1. The molecule has 36 heavy (non-hydrogen) atoms. The highest BCUT2D eigenvalue weighted by Gasteiger charge is 2.27. The Labute approximate surface area is 206 Å². The molecule has 0 aliphatic heterocycles. The average molecular weight is 486 g/mol. The molecule has 2 aromatic heterocycles. The number of phenols is 1. The summed E-state index contributed by atoms with van der Waals surface area (Å²) in [7, 11) is 0. The van der Waals surface area contributed by atoms with Crippen molar-refractivity contribution in [2.75, 3.05) is 5.32 Å². The molecule has 1 aliphatic rings. The first-order valence-corrected chi connectivity index (χ1v) is 11.7. The minimum Gasteiger partial charge on any atom is -0.507 e. The van der Waals surface area contributed by atoms with E-state index in [1.807, 2.05) is 0 Å². The molecule has 0 atom stereocenters. The maximum absolute atomic E-state index is 14.0. The van der Waals surface area contributed by atoms with Crippen molar-refractivity contribution in [3.8, 4) is 17.0 Å². The van der Waals surface area contributed by atoms with E-state index in [9.17, 15) is 19.1 Å². The van der Waals surface area contributed by atoms with Crippen molar-refractivity contribution in [2.45, 2.75) is 31.7 Å². The van der Waals surface area contributed by atoms with Crippen LogP contribution in [0.3, 0.4) is 0 Å². The molecule has 1 saturated carbocycles. The third-order valence-electron chi connectivity index (χ3n) is 6.29. The Balaban J connectivity index is 1.41. The van der Waals surface area contributed by atoms with Gasteiger partial charge in [-0.05, 0) is 55.3 Å². The summed E-state index contributed by atoms with van der Waals surface area (Å²) in [5.74, 6) is -0.604. The molecule has 182 valence electrons. The van der Waals surface area contributed by atoms with Crippen LogP contribution in [0.2, 0.25) is 0 Å². The summed E-state index contributed by atoms with van der Waals surface area (Å²) in [4.78, 5) is 29.5. The number of hydrogen-bond donors (Lipinski definition) is 3. The van der Waals surface area contributed by atoms with Crippen LogP contribution < -0.4 is 10.6 Å². The Morgan fingerprint density at radius 3 is 2.64 bits per heavy atom. The van der Waals surface area contributed by atoms with E-state index in [1.54, 1.807) is 54.7 Å². The van der Waals surface area contributed by atoms with Crippen molar-refractivity contribution in [1.29, 1.82) is 0 Å². The molecule has 2 aromatic carbocycles. The molecule has 5 rings (SSSR count). The van der Waals surface area contributed by atoms with E-state index < -0.39 is 11.8 Å². The van der Waals surface area contributed by atoms with Crippen molar-refractivity contribution in [1.82, 2.24) is 20.1 Å². The Morgan fingerprint density at radius 1 is 1.08 bits per heavy atom. The minimum absolute atomic E-state index is 0.0198. The molecule has 2 heterocycles. The van der Waals surface area contributed by atoms with E-state index in [0.29, 0.717) is 28.1 Å². The number of nitrogens with zero attached hydrogens (tertiary/aromatic N) is 3. The third-order valence-corrected chi connectivity index (χ3v) is 6.29. The molecule has 0 unspecified atom stereocenters. The van der Waals surface area contributed by atoms with Crippen molar-refractivity contribution in [3.05, 3.63) is 95.7 Å². The molecule has 9 heteroatoms. The molecule has 1 aliphatic carbocycles. The zero-order valence-electron chi connectivity index (χ0n) is 19.3. The molecular formula is C27H24FN5O3. The molecule has 3 N–H and O–H groups in total. The fourth-order valence-corrected chi connectivity index (χ4v) is 4.09. The van der Waals surface area contributed by atoms with Gasteiger partial charge >= 0.3 is 6.03 Å². The highest BCUT2D eigenvalue weighted by Crippen LogP contribution is 2.39. The normalized spacial score (nSPS) is 13.1. The molecule has 1 fully saturated rings. The first-order chi connectivity index (χ1) is 17.5. The van der Waals surface area contributed by atoms with Crippen LogP contribution >= 0.6 is 0 Å². The van der Waals surface area contributed by atoms with Gasteiger partial charge in [-0.1, -0.05) is 24.6 Å². The van der Waals surface area contributed by atoms with Crippen LogP contribution in [0, 0.1) is 5.82 Å². The van der Waals surface area contributed by atoms with Crippen LogP contribution in [0.4, 0.5) is 14.9 Å². The number of carbonyl (C=O) groups excluding carboxylic acids is 2. The van der Waals surface area contributed by atoms with E-state index in [0.717, 1.165) is 25.0 Å². The van der Waals surface area contributed by atoms with Gasteiger partial charge in [-0.15, -0.1) is 0 Å². The number of amides is 2. The number of carbonyl (C=O) groups is 2. The third kappa shape index (κ3) is 4.81. The summed E-state index contributed by atoms with van der Waals surface area (Å²) >= 11 is 0. The summed E-state index contributed by atoms with van der Waals surface area (Å²) in [5, 5.41) is 20.6. The van der Waals surface area contributed by atoms with E-state index >= 15 is 0 Å². The number of aromatic nitrogens is 3. The largest absolute Gasteiger partial charge is 0.507 e. The lowest BCUT2D eigenvalue weighted by molar-refractivity contribution is 0.102. The van der Waals surface area contributed by atoms with Crippen molar-refractivity contribution >= 4 is 17.6 Å². The second kappa shape index (κ2) is 9.99.